The van der Waals surface area contributed by atoms with Crippen LogP contribution in [0.3, 0.4) is 0 Å². The Labute approximate surface area is 160 Å². The van der Waals surface area contributed by atoms with E-state index in [1.807, 2.05) is 11.4 Å². The first-order valence-electron chi connectivity index (χ1n) is 6.37. The molecule has 0 saturated carbocycles. The first-order valence-corrected chi connectivity index (χ1v) is 9.12. The molecule has 0 spiro atoms. The van der Waals surface area contributed by atoms with Crippen molar-refractivity contribution in [3.05, 3.63) is 54.8 Å². The third-order valence-corrected chi connectivity index (χ3v) is 5.77. The number of nitrogens with zero attached hydrogens (tertiary/aromatic N) is 1. The standard InChI is InChI=1S/C15H8ClIN2O2S2/c16-9-1-3-10(4-2-9)19-14(21)11(13(20)18-15(19)22)7-8-5-6-23-12(8)17/h1-7H,(H,18,20,22)/b11-7+. The highest BCUT2D eigenvalue weighted by Crippen LogP contribution is 2.26. The summed E-state index contributed by atoms with van der Waals surface area (Å²) in [5.74, 6) is -0.949. The molecule has 4 nitrogen and oxygen atoms in total. The number of hydrogen-bond donors (Lipinski definition) is 1. The van der Waals surface area contributed by atoms with Crippen molar-refractivity contribution in [1.82, 2.24) is 5.32 Å². The summed E-state index contributed by atoms with van der Waals surface area (Å²) < 4.78 is 1.00. The van der Waals surface area contributed by atoms with E-state index in [1.165, 1.54) is 16.2 Å². The number of thiocarbonyl (C=S) groups is 1. The predicted octanol–water partition coefficient (Wildman–Crippen LogP) is 3.84. The maximum Gasteiger partial charge on any atom is 0.270 e. The molecule has 8 heteroatoms. The van der Waals surface area contributed by atoms with E-state index in [0.29, 0.717) is 10.7 Å². The van der Waals surface area contributed by atoms with E-state index in [9.17, 15) is 9.59 Å². The topological polar surface area (TPSA) is 49.4 Å². The minimum absolute atomic E-state index is 0.0462. The average Bonchev–Trinajstić information content (AvgIpc) is 2.90. The molecule has 1 aromatic carbocycles. The van der Waals surface area contributed by atoms with E-state index in [4.69, 9.17) is 23.8 Å². The molecule has 2 heterocycles. The molecule has 3 rings (SSSR count). The second-order valence-corrected chi connectivity index (χ2v) is 8.13. The van der Waals surface area contributed by atoms with Gasteiger partial charge in [0.2, 0.25) is 0 Å². The fourth-order valence-corrected chi connectivity index (χ4v) is 3.82. The number of carbonyl (C=O) groups excluding carboxylic acids is 2. The van der Waals surface area contributed by atoms with Crippen LogP contribution in [0, 0.1) is 2.88 Å². The number of thiophene rings is 1. The fourth-order valence-electron chi connectivity index (χ4n) is 2.04. The predicted molar refractivity (Wildman–Crippen MR) is 105 cm³/mol. The number of rotatable bonds is 2. The van der Waals surface area contributed by atoms with E-state index in [1.54, 1.807) is 30.3 Å². The van der Waals surface area contributed by atoms with Gasteiger partial charge in [-0.2, -0.15) is 0 Å². The Balaban J connectivity index is 2.02. The van der Waals surface area contributed by atoms with Crippen LogP contribution in [0.25, 0.3) is 6.08 Å². The summed E-state index contributed by atoms with van der Waals surface area (Å²) in [6.07, 6.45) is 1.58. The lowest BCUT2D eigenvalue weighted by atomic mass is 10.1. The molecule has 23 heavy (non-hydrogen) atoms. The van der Waals surface area contributed by atoms with E-state index in [2.05, 4.69) is 27.9 Å². The molecular formula is C15H8ClIN2O2S2. The molecule has 1 aromatic heterocycles. The first kappa shape index (κ1) is 16.6. The Bertz CT molecular complexity index is 845. The summed E-state index contributed by atoms with van der Waals surface area (Å²) in [5, 5.41) is 5.06. The second-order valence-electron chi connectivity index (χ2n) is 4.58. The van der Waals surface area contributed by atoms with Crippen molar-refractivity contribution in [3.63, 3.8) is 0 Å². The Kier molecular flexibility index (Phi) is 4.81. The van der Waals surface area contributed by atoms with Gasteiger partial charge in [0, 0.05) is 5.02 Å². The second kappa shape index (κ2) is 6.68. The average molecular weight is 475 g/mol. The van der Waals surface area contributed by atoms with Crippen molar-refractivity contribution in [1.29, 1.82) is 0 Å². The highest BCUT2D eigenvalue weighted by Gasteiger charge is 2.34. The zero-order valence-electron chi connectivity index (χ0n) is 11.4. The SMILES string of the molecule is O=C1NC(=S)N(c2ccc(Cl)cc2)C(=O)/C1=C/c1ccsc1I. The summed E-state index contributed by atoms with van der Waals surface area (Å²) in [6.45, 7) is 0. The van der Waals surface area contributed by atoms with Gasteiger partial charge < -0.3 is 0 Å². The van der Waals surface area contributed by atoms with Crippen LogP contribution in [0.1, 0.15) is 5.56 Å². The summed E-state index contributed by atoms with van der Waals surface area (Å²) >= 11 is 14.7. The van der Waals surface area contributed by atoms with Gasteiger partial charge in [-0.25, -0.2) is 0 Å². The van der Waals surface area contributed by atoms with Crippen molar-refractivity contribution in [2.75, 3.05) is 4.90 Å². The Morgan fingerprint density at radius 1 is 1.22 bits per heavy atom. The number of hydrogen-bond acceptors (Lipinski definition) is 4. The molecule has 1 saturated heterocycles. The van der Waals surface area contributed by atoms with E-state index < -0.39 is 11.8 Å². The van der Waals surface area contributed by atoms with Crippen LogP contribution in [0.2, 0.25) is 5.02 Å². The molecule has 1 fully saturated rings. The van der Waals surface area contributed by atoms with Gasteiger partial charge in [0.15, 0.2) is 5.11 Å². The van der Waals surface area contributed by atoms with Gasteiger partial charge in [0.1, 0.15) is 5.57 Å². The van der Waals surface area contributed by atoms with Gasteiger partial charge in [-0.3, -0.25) is 19.8 Å². The molecule has 0 atom stereocenters. The third-order valence-electron chi connectivity index (χ3n) is 3.13. The molecule has 0 bridgehead atoms. The molecular weight excluding hydrogens is 467 g/mol. The van der Waals surface area contributed by atoms with Gasteiger partial charge in [-0.15, -0.1) is 11.3 Å². The van der Waals surface area contributed by atoms with Crippen LogP contribution in [0.15, 0.2) is 41.3 Å². The number of amides is 2. The van der Waals surface area contributed by atoms with Crippen LogP contribution in [0.5, 0.6) is 0 Å². The van der Waals surface area contributed by atoms with Crippen LogP contribution in [-0.4, -0.2) is 16.9 Å². The molecule has 1 aliphatic rings. The van der Waals surface area contributed by atoms with E-state index in [0.717, 1.165) is 8.45 Å². The molecule has 2 amide bonds. The molecule has 0 radical (unpaired) electrons. The summed E-state index contributed by atoms with van der Waals surface area (Å²) in [5.41, 5.74) is 1.43. The summed E-state index contributed by atoms with van der Waals surface area (Å²) in [4.78, 5) is 26.2. The molecule has 1 N–H and O–H groups in total. The Morgan fingerprint density at radius 3 is 2.52 bits per heavy atom. The number of anilines is 1. The quantitative estimate of drug-likeness (QED) is 0.311. The Morgan fingerprint density at radius 2 is 1.91 bits per heavy atom. The normalized spacial score (nSPS) is 16.9. The maximum atomic E-state index is 12.7. The van der Waals surface area contributed by atoms with Crippen LogP contribution < -0.4 is 10.2 Å². The summed E-state index contributed by atoms with van der Waals surface area (Å²) in [6, 6.07) is 8.54. The molecule has 2 aromatic rings. The number of halogens is 2. The molecule has 116 valence electrons. The number of benzene rings is 1. The molecule has 0 aliphatic carbocycles. The zero-order chi connectivity index (χ0) is 16.6. The van der Waals surface area contributed by atoms with Gasteiger partial charge >= 0.3 is 0 Å². The van der Waals surface area contributed by atoms with Crippen molar-refractivity contribution in [2.24, 2.45) is 0 Å². The van der Waals surface area contributed by atoms with Gasteiger partial charge in [0.05, 0.1) is 8.57 Å². The number of nitrogens with one attached hydrogen (secondary N) is 1. The summed E-state index contributed by atoms with van der Waals surface area (Å²) in [7, 11) is 0. The van der Waals surface area contributed by atoms with Crippen molar-refractivity contribution < 1.29 is 9.59 Å². The fraction of sp³-hybridized carbons (Fsp3) is 0. The lowest BCUT2D eigenvalue weighted by Gasteiger charge is -2.28. The van der Waals surface area contributed by atoms with E-state index >= 15 is 0 Å². The van der Waals surface area contributed by atoms with Gasteiger partial charge in [0.25, 0.3) is 11.8 Å². The van der Waals surface area contributed by atoms with Crippen LogP contribution >= 0.6 is 57.7 Å². The third kappa shape index (κ3) is 3.32. The van der Waals surface area contributed by atoms with Gasteiger partial charge in [-0.05, 0) is 82.2 Å². The Hall–Kier alpha value is -1.29. The minimum Gasteiger partial charge on any atom is -0.298 e. The van der Waals surface area contributed by atoms with Crippen molar-refractivity contribution in [2.45, 2.75) is 0 Å². The first-order chi connectivity index (χ1) is 11.0. The van der Waals surface area contributed by atoms with Crippen LogP contribution in [0.4, 0.5) is 5.69 Å². The lowest BCUT2D eigenvalue weighted by molar-refractivity contribution is -0.122. The van der Waals surface area contributed by atoms with Crippen LogP contribution in [-0.2, 0) is 9.59 Å². The highest BCUT2D eigenvalue weighted by atomic mass is 127. The van der Waals surface area contributed by atoms with Crippen molar-refractivity contribution in [3.8, 4) is 0 Å². The largest absolute Gasteiger partial charge is 0.298 e. The molecule has 0 unspecified atom stereocenters. The van der Waals surface area contributed by atoms with Crippen molar-refractivity contribution >= 4 is 86.4 Å². The monoisotopic (exact) mass is 474 g/mol. The number of carbonyl (C=O) groups is 2. The molecule has 1 aliphatic heterocycles. The zero-order valence-corrected chi connectivity index (χ0v) is 15.9. The lowest BCUT2D eigenvalue weighted by Crippen LogP contribution is -2.54. The van der Waals surface area contributed by atoms with Gasteiger partial charge in [-0.1, -0.05) is 11.6 Å². The smallest absolute Gasteiger partial charge is 0.270 e. The van der Waals surface area contributed by atoms with E-state index in [-0.39, 0.29) is 10.7 Å². The maximum absolute atomic E-state index is 12.7. The minimum atomic E-state index is -0.493. The highest BCUT2D eigenvalue weighted by molar-refractivity contribution is 14.1.